The summed E-state index contributed by atoms with van der Waals surface area (Å²) in [4.78, 5) is 16.9. The average molecular weight is 529 g/mol. The Bertz CT molecular complexity index is 1740. The average Bonchev–Trinajstić information content (AvgIpc) is 3.42. The van der Waals surface area contributed by atoms with Crippen LogP contribution in [0.4, 0.5) is 13.2 Å². The lowest BCUT2D eigenvalue weighted by Gasteiger charge is -2.09. The van der Waals surface area contributed by atoms with Crippen LogP contribution in [-0.4, -0.2) is 54.2 Å². The molecule has 4 heterocycles. The number of rotatable bonds is 5. The predicted molar refractivity (Wildman–Crippen MR) is 127 cm³/mol. The summed E-state index contributed by atoms with van der Waals surface area (Å²) in [6.07, 6.45) is 0.840. The summed E-state index contributed by atoms with van der Waals surface area (Å²) >= 11 is 0. The van der Waals surface area contributed by atoms with Crippen LogP contribution < -0.4 is 0 Å². The number of aromatic nitrogens is 8. The third-order valence-electron chi connectivity index (χ3n) is 5.64. The molecule has 10 nitrogen and oxygen atoms in total. The second kappa shape index (κ2) is 8.73. The Morgan fingerprint density at radius 2 is 1.73 bits per heavy atom. The number of benzene rings is 1. The molecule has 14 heteroatoms. The zero-order valence-electron chi connectivity index (χ0n) is 19.8. The fourth-order valence-corrected chi connectivity index (χ4v) is 4.73. The monoisotopic (exact) mass is 528 g/mol. The largest absolute Gasteiger partial charge is 0.435 e. The minimum absolute atomic E-state index is 0.151. The molecule has 0 aliphatic heterocycles. The molecule has 5 aromatic rings. The summed E-state index contributed by atoms with van der Waals surface area (Å²) in [5, 5.41) is 8.52. The molecule has 0 spiro atoms. The molecule has 37 heavy (non-hydrogen) atoms. The molecule has 1 aromatic carbocycles. The first-order chi connectivity index (χ1) is 17.4. The van der Waals surface area contributed by atoms with Gasteiger partial charge in [-0.1, -0.05) is 12.1 Å². The van der Waals surface area contributed by atoms with Crippen molar-refractivity contribution in [1.29, 1.82) is 0 Å². The van der Waals surface area contributed by atoms with E-state index in [1.54, 1.807) is 55.2 Å². The van der Waals surface area contributed by atoms with E-state index < -0.39 is 21.7 Å². The molecular weight excluding hydrogens is 509 g/mol. The van der Waals surface area contributed by atoms with Gasteiger partial charge in [-0.2, -0.15) is 23.4 Å². The van der Waals surface area contributed by atoms with E-state index in [9.17, 15) is 21.6 Å². The summed E-state index contributed by atoms with van der Waals surface area (Å²) in [6, 6.07) is 7.86. The van der Waals surface area contributed by atoms with Gasteiger partial charge in [-0.15, -0.1) is 0 Å². The Kier molecular flexibility index (Phi) is 5.78. The smallest absolute Gasteiger partial charge is 0.243 e. The minimum atomic E-state index is -4.52. The highest BCUT2D eigenvalue weighted by molar-refractivity contribution is 7.90. The first kappa shape index (κ1) is 24.5. The number of alkyl halides is 3. The van der Waals surface area contributed by atoms with Gasteiger partial charge in [0.25, 0.3) is 0 Å². The topological polar surface area (TPSA) is 121 Å². The summed E-state index contributed by atoms with van der Waals surface area (Å²) in [7, 11) is -3.66. The van der Waals surface area contributed by atoms with Gasteiger partial charge in [0.15, 0.2) is 32.0 Å². The summed E-state index contributed by atoms with van der Waals surface area (Å²) < 4.78 is 66.4. The highest BCUT2D eigenvalue weighted by Gasteiger charge is 2.34. The van der Waals surface area contributed by atoms with Gasteiger partial charge in [0.1, 0.15) is 6.33 Å². The van der Waals surface area contributed by atoms with Crippen LogP contribution in [0, 0.1) is 13.8 Å². The lowest BCUT2D eigenvalue weighted by molar-refractivity contribution is -0.141. The lowest BCUT2D eigenvalue weighted by Crippen LogP contribution is -2.09. The van der Waals surface area contributed by atoms with Crippen molar-refractivity contribution in [2.45, 2.75) is 31.6 Å². The molecule has 0 amide bonds. The zero-order chi connectivity index (χ0) is 26.5. The Balaban J connectivity index is 1.48. The maximum Gasteiger partial charge on any atom is 0.435 e. The summed E-state index contributed by atoms with van der Waals surface area (Å²) in [5.41, 5.74) is 1.80. The van der Waals surface area contributed by atoms with Gasteiger partial charge in [0.05, 0.1) is 35.1 Å². The molecule has 190 valence electrons. The van der Waals surface area contributed by atoms with Crippen LogP contribution in [0.5, 0.6) is 0 Å². The van der Waals surface area contributed by atoms with Gasteiger partial charge in [-0.3, -0.25) is 0 Å². The molecule has 0 fully saturated rings. The first-order valence-corrected chi connectivity index (χ1v) is 12.7. The Hall–Kier alpha value is -4.20. The molecule has 0 unspecified atom stereocenters. The molecule has 0 bridgehead atoms. The van der Waals surface area contributed by atoms with E-state index in [-0.39, 0.29) is 16.4 Å². The molecule has 5 rings (SSSR count). The molecule has 4 aromatic heterocycles. The van der Waals surface area contributed by atoms with E-state index in [2.05, 4.69) is 30.1 Å². The number of sulfone groups is 1. The summed E-state index contributed by atoms with van der Waals surface area (Å²) in [6.45, 7) is 3.50. The third-order valence-corrected chi connectivity index (χ3v) is 6.66. The standard InChI is InChI=1S/C23H19F3N8O2S/c1-13-8-18(23(24,25)26)32-34(13)17-6-4-15(5-7-17)11-33-21-16(10-30-33)9-27-20(31-21)19-14(2)28-12-29-22(19)37(3,35)36/h4-10,12H,11H2,1-3H3. The van der Waals surface area contributed by atoms with E-state index in [4.69, 9.17) is 0 Å². The van der Waals surface area contributed by atoms with Crippen molar-refractivity contribution in [3.05, 3.63) is 71.7 Å². The van der Waals surface area contributed by atoms with Crippen molar-refractivity contribution in [2.75, 3.05) is 6.26 Å². The normalized spacial score (nSPS) is 12.4. The Morgan fingerprint density at radius 1 is 1.00 bits per heavy atom. The van der Waals surface area contributed by atoms with Crippen molar-refractivity contribution >= 4 is 20.9 Å². The lowest BCUT2D eigenvalue weighted by atomic mass is 10.2. The Labute approximate surface area is 208 Å². The quantitative estimate of drug-likeness (QED) is 0.318. The molecule has 0 atom stereocenters. The number of fused-ring (bicyclic) bond motifs is 1. The van der Waals surface area contributed by atoms with Crippen LogP contribution in [0.15, 0.2) is 54.1 Å². The molecule has 0 aliphatic rings. The van der Waals surface area contributed by atoms with E-state index in [1.807, 2.05) is 0 Å². The van der Waals surface area contributed by atoms with Crippen LogP contribution in [0.1, 0.15) is 22.6 Å². The van der Waals surface area contributed by atoms with Crippen LogP contribution in [-0.2, 0) is 22.6 Å². The minimum Gasteiger partial charge on any atom is -0.243 e. The SMILES string of the molecule is Cc1ncnc(S(C)(=O)=O)c1-c1ncc2cnn(Cc3ccc(-n4nc(C(F)(F)F)cc4C)cc3)c2n1. The number of hydrogen-bond acceptors (Lipinski definition) is 8. The maximum absolute atomic E-state index is 13.0. The molecule has 0 saturated carbocycles. The van der Waals surface area contributed by atoms with E-state index in [0.717, 1.165) is 17.9 Å². The van der Waals surface area contributed by atoms with Crippen molar-refractivity contribution < 1.29 is 21.6 Å². The van der Waals surface area contributed by atoms with Crippen molar-refractivity contribution in [3.63, 3.8) is 0 Å². The highest BCUT2D eigenvalue weighted by atomic mass is 32.2. The van der Waals surface area contributed by atoms with Gasteiger partial charge >= 0.3 is 6.18 Å². The number of halogens is 3. The number of hydrogen-bond donors (Lipinski definition) is 0. The summed E-state index contributed by atoms with van der Waals surface area (Å²) in [5.74, 6) is 0.151. The second-order valence-electron chi connectivity index (χ2n) is 8.43. The van der Waals surface area contributed by atoms with Gasteiger partial charge < -0.3 is 0 Å². The fraction of sp³-hybridized carbons (Fsp3) is 0.217. The molecule has 0 radical (unpaired) electrons. The maximum atomic E-state index is 13.0. The first-order valence-electron chi connectivity index (χ1n) is 10.9. The number of aryl methyl sites for hydroxylation is 2. The van der Waals surface area contributed by atoms with E-state index in [1.165, 1.54) is 11.0 Å². The Morgan fingerprint density at radius 3 is 2.38 bits per heavy atom. The zero-order valence-corrected chi connectivity index (χ0v) is 20.6. The fourth-order valence-electron chi connectivity index (χ4n) is 3.88. The molecular formula is C23H19F3N8O2S. The molecule has 0 saturated heterocycles. The molecule has 0 N–H and O–H groups in total. The van der Waals surface area contributed by atoms with Gasteiger partial charge in [-0.25, -0.2) is 37.7 Å². The van der Waals surface area contributed by atoms with Crippen LogP contribution in [0.2, 0.25) is 0 Å². The van der Waals surface area contributed by atoms with Gasteiger partial charge in [-0.05, 0) is 37.6 Å². The van der Waals surface area contributed by atoms with E-state index in [0.29, 0.717) is 34.7 Å². The van der Waals surface area contributed by atoms with Crippen LogP contribution in [0.3, 0.4) is 0 Å². The number of nitrogens with zero attached hydrogens (tertiary/aromatic N) is 8. The van der Waals surface area contributed by atoms with Gasteiger partial charge in [0.2, 0.25) is 0 Å². The van der Waals surface area contributed by atoms with Crippen LogP contribution >= 0.6 is 0 Å². The van der Waals surface area contributed by atoms with E-state index >= 15 is 0 Å². The third kappa shape index (κ3) is 4.67. The highest BCUT2D eigenvalue weighted by Crippen LogP contribution is 2.30. The van der Waals surface area contributed by atoms with Crippen molar-refractivity contribution in [1.82, 2.24) is 39.5 Å². The van der Waals surface area contributed by atoms with Crippen molar-refractivity contribution in [2.24, 2.45) is 0 Å². The van der Waals surface area contributed by atoms with Crippen LogP contribution in [0.25, 0.3) is 28.1 Å². The second-order valence-corrected chi connectivity index (χ2v) is 10.4. The van der Waals surface area contributed by atoms with Crippen molar-refractivity contribution in [3.8, 4) is 17.1 Å². The predicted octanol–water partition coefficient (Wildman–Crippen LogP) is 3.56. The molecule has 0 aliphatic carbocycles. The van der Waals surface area contributed by atoms with Gasteiger partial charge in [0, 0.05) is 18.1 Å².